The summed E-state index contributed by atoms with van der Waals surface area (Å²) in [5.74, 6) is -1.47. The Morgan fingerprint density at radius 2 is 1.80 bits per heavy atom. The Bertz CT molecular complexity index is 1180. The van der Waals surface area contributed by atoms with Crippen LogP contribution in [0, 0.1) is 5.92 Å². The van der Waals surface area contributed by atoms with E-state index in [1.165, 1.54) is 18.4 Å². The van der Waals surface area contributed by atoms with Gasteiger partial charge in [-0.3, -0.25) is 14.9 Å². The fourth-order valence-corrected chi connectivity index (χ4v) is 3.90. The molecule has 2 aromatic heterocycles. The van der Waals surface area contributed by atoms with Crippen molar-refractivity contribution in [3.63, 3.8) is 0 Å². The first-order valence-corrected chi connectivity index (χ1v) is 11.1. The first-order chi connectivity index (χ1) is 16.7. The van der Waals surface area contributed by atoms with Gasteiger partial charge in [0.1, 0.15) is 0 Å². The third-order valence-corrected chi connectivity index (χ3v) is 5.90. The van der Waals surface area contributed by atoms with Crippen LogP contribution in [0.2, 0.25) is 0 Å². The van der Waals surface area contributed by atoms with Gasteiger partial charge in [0, 0.05) is 37.2 Å². The highest BCUT2D eigenvalue weighted by Crippen LogP contribution is 2.41. The number of hydrogen-bond acceptors (Lipinski definition) is 5. The third-order valence-electron chi connectivity index (χ3n) is 5.90. The number of H-pyrrole nitrogens is 1. The van der Waals surface area contributed by atoms with Crippen molar-refractivity contribution in [2.75, 3.05) is 23.3 Å². The van der Waals surface area contributed by atoms with Crippen molar-refractivity contribution in [1.82, 2.24) is 15.2 Å². The fraction of sp³-hybridized carbons (Fsp3) is 0.333. The molecule has 1 aliphatic heterocycles. The maximum Gasteiger partial charge on any atom is 0.490 e. The molecule has 1 amide bonds. The molecule has 1 aliphatic carbocycles. The number of aliphatic carboxylic acids is 1. The van der Waals surface area contributed by atoms with Crippen LogP contribution in [0.3, 0.4) is 0 Å². The first kappa shape index (κ1) is 24.2. The smallest absolute Gasteiger partial charge is 0.475 e. The van der Waals surface area contributed by atoms with E-state index >= 15 is 0 Å². The molecule has 1 atom stereocenters. The summed E-state index contributed by atoms with van der Waals surface area (Å²) in [5.41, 5.74) is 4.55. The molecule has 184 valence electrons. The number of amides is 1. The standard InChI is InChI=1S/C22H23N5O.C2HF3O2/c28-22(18-8-11-27(14-18)19-6-9-23-10-7-19)24-21-13-20(25-26-21)17-3-1-2-16(12-17)15-4-5-15;3-2(4,5)1(6)7/h1-3,6-7,9-10,12-13,15,18H,4-5,8,11,14H2,(H2,24,25,26,28);(H,6,7). The number of anilines is 2. The van der Waals surface area contributed by atoms with Crippen molar-refractivity contribution in [3.8, 4) is 11.3 Å². The number of carbonyl (C=O) groups excluding carboxylic acids is 1. The normalized spacial score (nSPS) is 17.5. The summed E-state index contributed by atoms with van der Waals surface area (Å²) < 4.78 is 31.7. The molecule has 0 radical (unpaired) electrons. The van der Waals surface area contributed by atoms with Crippen LogP contribution in [0.1, 0.15) is 30.7 Å². The molecule has 1 saturated heterocycles. The summed E-state index contributed by atoms with van der Waals surface area (Å²) >= 11 is 0. The second kappa shape index (κ2) is 10.2. The van der Waals surface area contributed by atoms with Crippen molar-refractivity contribution in [3.05, 3.63) is 60.4 Å². The molecule has 8 nitrogen and oxygen atoms in total. The lowest BCUT2D eigenvalue weighted by molar-refractivity contribution is -0.192. The highest BCUT2D eigenvalue weighted by molar-refractivity contribution is 5.93. The predicted molar refractivity (Wildman–Crippen MR) is 123 cm³/mol. The van der Waals surface area contributed by atoms with Gasteiger partial charge in [-0.15, -0.1) is 0 Å². The fourth-order valence-electron chi connectivity index (χ4n) is 3.90. The van der Waals surface area contributed by atoms with Gasteiger partial charge in [-0.2, -0.15) is 18.3 Å². The maximum absolute atomic E-state index is 12.7. The second-order valence-corrected chi connectivity index (χ2v) is 8.50. The second-order valence-electron chi connectivity index (χ2n) is 8.50. The van der Waals surface area contributed by atoms with Gasteiger partial charge in [-0.1, -0.05) is 18.2 Å². The summed E-state index contributed by atoms with van der Waals surface area (Å²) in [4.78, 5) is 27.9. The minimum absolute atomic E-state index is 0.0290. The van der Waals surface area contributed by atoms with Crippen molar-refractivity contribution in [2.24, 2.45) is 5.92 Å². The number of halogens is 3. The lowest BCUT2D eigenvalue weighted by atomic mass is 10.1. The Hall–Kier alpha value is -3.89. The molecule has 1 unspecified atom stereocenters. The zero-order valence-electron chi connectivity index (χ0n) is 18.6. The van der Waals surface area contributed by atoms with Crippen LogP contribution >= 0.6 is 0 Å². The zero-order valence-corrected chi connectivity index (χ0v) is 18.6. The van der Waals surface area contributed by atoms with Gasteiger partial charge in [0.2, 0.25) is 5.91 Å². The minimum Gasteiger partial charge on any atom is -0.475 e. The molecule has 1 saturated carbocycles. The molecule has 0 bridgehead atoms. The molecule has 3 aromatic rings. The lowest BCUT2D eigenvalue weighted by Gasteiger charge is -2.17. The Labute approximate surface area is 199 Å². The van der Waals surface area contributed by atoms with Crippen molar-refractivity contribution in [2.45, 2.75) is 31.4 Å². The van der Waals surface area contributed by atoms with E-state index < -0.39 is 12.1 Å². The Kier molecular flexibility index (Phi) is 7.04. The Morgan fingerprint density at radius 3 is 2.46 bits per heavy atom. The summed E-state index contributed by atoms with van der Waals surface area (Å²) in [6.07, 6.45) is 1.89. The molecule has 3 N–H and O–H groups in total. The summed E-state index contributed by atoms with van der Waals surface area (Å²) in [7, 11) is 0. The molecule has 1 aromatic carbocycles. The molecular weight excluding hydrogens is 463 g/mol. The quantitative estimate of drug-likeness (QED) is 0.491. The van der Waals surface area contributed by atoms with Crippen molar-refractivity contribution >= 4 is 23.4 Å². The van der Waals surface area contributed by atoms with E-state index in [1.807, 2.05) is 18.2 Å². The number of alkyl halides is 3. The van der Waals surface area contributed by atoms with Crippen LogP contribution in [0.4, 0.5) is 24.7 Å². The molecular formula is C24H24F3N5O3. The zero-order chi connectivity index (χ0) is 25.0. The first-order valence-electron chi connectivity index (χ1n) is 11.1. The summed E-state index contributed by atoms with van der Waals surface area (Å²) in [6, 6.07) is 14.5. The van der Waals surface area contributed by atoms with Gasteiger partial charge in [-0.05, 0) is 54.5 Å². The van der Waals surface area contributed by atoms with E-state index in [-0.39, 0.29) is 11.8 Å². The molecule has 0 spiro atoms. The maximum atomic E-state index is 12.7. The number of nitrogens with one attached hydrogen (secondary N) is 2. The number of nitrogens with zero attached hydrogens (tertiary/aromatic N) is 3. The van der Waals surface area contributed by atoms with E-state index in [0.29, 0.717) is 11.7 Å². The Balaban J connectivity index is 0.000000364. The van der Waals surface area contributed by atoms with E-state index in [0.717, 1.165) is 36.5 Å². The number of aromatic nitrogens is 3. The topological polar surface area (TPSA) is 111 Å². The summed E-state index contributed by atoms with van der Waals surface area (Å²) in [6.45, 7) is 1.60. The van der Waals surface area contributed by atoms with Crippen molar-refractivity contribution < 1.29 is 27.9 Å². The number of carboxylic acids is 1. The molecule has 2 fully saturated rings. The van der Waals surface area contributed by atoms with Crippen LogP contribution in [0.15, 0.2) is 54.9 Å². The monoisotopic (exact) mass is 487 g/mol. The molecule has 5 rings (SSSR count). The highest BCUT2D eigenvalue weighted by Gasteiger charge is 2.38. The van der Waals surface area contributed by atoms with Crippen LogP contribution in [-0.2, 0) is 9.59 Å². The number of benzene rings is 1. The van der Waals surface area contributed by atoms with E-state index in [2.05, 4.69) is 49.7 Å². The molecule has 11 heteroatoms. The molecule has 2 aliphatic rings. The van der Waals surface area contributed by atoms with Crippen LogP contribution in [-0.4, -0.2) is 51.4 Å². The number of pyridine rings is 1. The van der Waals surface area contributed by atoms with E-state index in [4.69, 9.17) is 9.90 Å². The average molecular weight is 487 g/mol. The van der Waals surface area contributed by atoms with Gasteiger partial charge in [-0.25, -0.2) is 4.79 Å². The van der Waals surface area contributed by atoms with Gasteiger partial charge in [0.05, 0.1) is 11.6 Å². The number of carbonyl (C=O) groups is 2. The number of rotatable bonds is 5. The van der Waals surface area contributed by atoms with Crippen molar-refractivity contribution in [1.29, 1.82) is 0 Å². The molecule has 3 heterocycles. The Morgan fingerprint density at radius 1 is 1.09 bits per heavy atom. The number of carboxylic acid groups (broad SMARTS) is 1. The van der Waals surface area contributed by atoms with Gasteiger partial charge in [0.25, 0.3) is 0 Å². The predicted octanol–water partition coefficient (Wildman–Crippen LogP) is 4.45. The third kappa shape index (κ3) is 6.37. The van der Waals surface area contributed by atoms with Crippen LogP contribution in [0.5, 0.6) is 0 Å². The number of hydrogen-bond donors (Lipinski definition) is 3. The van der Waals surface area contributed by atoms with Crippen LogP contribution in [0.25, 0.3) is 11.3 Å². The largest absolute Gasteiger partial charge is 0.490 e. The summed E-state index contributed by atoms with van der Waals surface area (Å²) in [5, 5.41) is 17.5. The van der Waals surface area contributed by atoms with E-state index in [9.17, 15) is 18.0 Å². The minimum atomic E-state index is -5.08. The average Bonchev–Trinajstić information content (AvgIpc) is 3.38. The molecule has 35 heavy (non-hydrogen) atoms. The van der Waals surface area contributed by atoms with Gasteiger partial charge in [0.15, 0.2) is 5.82 Å². The SMILES string of the molecule is O=C(Nc1cc(-c2cccc(C3CC3)c2)[nH]n1)C1CCN(c2ccncc2)C1.O=C(O)C(F)(F)F. The van der Waals surface area contributed by atoms with Crippen LogP contribution < -0.4 is 10.2 Å². The van der Waals surface area contributed by atoms with Gasteiger partial charge >= 0.3 is 12.1 Å². The highest BCUT2D eigenvalue weighted by atomic mass is 19.4. The van der Waals surface area contributed by atoms with Gasteiger partial charge < -0.3 is 15.3 Å². The van der Waals surface area contributed by atoms with E-state index in [1.54, 1.807) is 12.4 Å². The lowest BCUT2D eigenvalue weighted by Crippen LogP contribution is -2.27. The number of aromatic amines is 1.